The third kappa shape index (κ3) is 3.11. The van der Waals surface area contributed by atoms with E-state index < -0.39 is 17.1 Å². The highest BCUT2D eigenvalue weighted by molar-refractivity contribution is 5.72. The van der Waals surface area contributed by atoms with Crippen molar-refractivity contribution < 1.29 is 19.4 Å². The Hall–Kier alpha value is -1.26. The maximum absolute atomic E-state index is 11.8. The number of carboxylic acids is 1. The van der Waals surface area contributed by atoms with Crippen molar-refractivity contribution in [3.63, 3.8) is 0 Å². The summed E-state index contributed by atoms with van der Waals surface area (Å²) in [6, 6.07) is 0. The standard InChI is InChI=1S/C12H21NO4/c1-11(2,3)17-10(16)13-7-8(6-9(14)15)12(13,4)5/h8H,6-7H2,1-5H3,(H,14,15). The van der Waals surface area contributed by atoms with Crippen LogP contribution in [0.15, 0.2) is 0 Å². The molecular formula is C12H21NO4. The molecule has 1 amide bonds. The van der Waals surface area contributed by atoms with Crippen molar-refractivity contribution in [2.75, 3.05) is 6.54 Å². The number of amides is 1. The third-order valence-electron chi connectivity index (χ3n) is 3.13. The second-order valence-corrected chi connectivity index (χ2v) is 6.04. The van der Waals surface area contributed by atoms with Gasteiger partial charge in [0, 0.05) is 18.0 Å². The number of carbonyl (C=O) groups is 2. The molecule has 1 rings (SSSR count). The van der Waals surface area contributed by atoms with Crippen LogP contribution in [0.1, 0.15) is 41.0 Å². The molecule has 5 nitrogen and oxygen atoms in total. The zero-order chi connectivity index (χ0) is 13.4. The van der Waals surface area contributed by atoms with Gasteiger partial charge in [0.05, 0.1) is 6.42 Å². The van der Waals surface area contributed by atoms with E-state index in [9.17, 15) is 9.59 Å². The summed E-state index contributed by atoms with van der Waals surface area (Å²) in [5, 5.41) is 8.76. The van der Waals surface area contributed by atoms with Gasteiger partial charge in [-0.1, -0.05) is 0 Å². The lowest BCUT2D eigenvalue weighted by molar-refractivity contribution is -0.144. The van der Waals surface area contributed by atoms with Gasteiger partial charge in [0.2, 0.25) is 0 Å². The molecule has 0 radical (unpaired) electrons. The maximum Gasteiger partial charge on any atom is 0.410 e. The van der Waals surface area contributed by atoms with Crippen molar-refractivity contribution in [1.29, 1.82) is 0 Å². The molecule has 0 spiro atoms. The fourth-order valence-electron chi connectivity index (χ4n) is 1.94. The first-order valence-corrected chi connectivity index (χ1v) is 5.76. The molecule has 0 aromatic heterocycles. The quantitative estimate of drug-likeness (QED) is 0.806. The number of aliphatic carboxylic acids is 1. The van der Waals surface area contributed by atoms with Crippen molar-refractivity contribution in [3.8, 4) is 0 Å². The number of carboxylic acid groups (broad SMARTS) is 1. The minimum atomic E-state index is -0.827. The molecule has 0 aromatic rings. The maximum atomic E-state index is 11.8. The van der Waals surface area contributed by atoms with E-state index >= 15 is 0 Å². The summed E-state index contributed by atoms with van der Waals surface area (Å²) in [4.78, 5) is 24.1. The van der Waals surface area contributed by atoms with Crippen LogP contribution in [0, 0.1) is 5.92 Å². The molecule has 1 unspecified atom stereocenters. The van der Waals surface area contributed by atoms with E-state index in [1.54, 1.807) is 4.90 Å². The number of hydrogen-bond donors (Lipinski definition) is 1. The highest BCUT2D eigenvalue weighted by atomic mass is 16.6. The highest BCUT2D eigenvalue weighted by Crippen LogP contribution is 2.39. The first-order valence-electron chi connectivity index (χ1n) is 5.76. The molecule has 1 aliphatic heterocycles. The fraction of sp³-hybridized carbons (Fsp3) is 0.833. The van der Waals surface area contributed by atoms with Crippen LogP contribution in [0.3, 0.4) is 0 Å². The van der Waals surface area contributed by atoms with E-state index in [1.165, 1.54) is 0 Å². The monoisotopic (exact) mass is 243 g/mol. The lowest BCUT2D eigenvalue weighted by atomic mass is 9.75. The molecule has 1 atom stereocenters. The van der Waals surface area contributed by atoms with Crippen LogP contribution >= 0.6 is 0 Å². The third-order valence-corrected chi connectivity index (χ3v) is 3.13. The van der Waals surface area contributed by atoms with Crippen LogP contribution in [0.25, 0.3) is 0 Å². The van der Waals surface area contributed by atoms with E-state index in [0.717, 1.165) is 0 Å². The number of nitrogens with zero attached hydrogens (tertiary/aromatic N) is 1. The Labute approximate surface area is 102 Å². The molecule has 1 saturated heterocycles. The Morgan fingerprint density at radius 2 is 1.94 bits per heavy atom. The molecule has 0 saturated carbocycles. The second kappa shape index (κ2) is 4.20. The van der Waals surface area contributed by atoms with Gasteiger partial charge in [0.25, 0.3) is 0 Å². The van der Waals surface area contributed by atoms with Gasteiger partial charge in [0.15, 0.2) is 0 Å². The molecule has 1 fully saturated rings. The Morgan fingerprint density at radius 1 is 1.41 bits per heavy atom. The Balaban J connectivity index is 2.60. The van der Waals surface area contributed by atoms with Gasteiger partial charge in [-0.25, -0.2) is 4.79 Å². The van der Waals surface area contributed by atoms with Crippen molar-refractivity contribution in [2.45, 2.75) is 52.2 Å². The molecule has 1 aliphatic rings. The van der Waals surface area contributed by atoms with Crippen molar-refractivity contribution >= 4 is 12.1 Å². The molecule has 98 valence electrons. The van der Waals surface area contributed by atoms with Gasteiger partial charge in [-0.2, -0.15) is 0 Å². The summed E-state index contributed by atoms with van der Waals surface area (Å²) < 4.78 is 5.27. The van der Waals surface area contributed by atoms with Gasteiger partial charge in [-0.3, -0.25) is 4.79 Å². The van der Waals surface area contributed by atoms with Crippen LogP contribution in [0.5, 0.6) is 0 Å². The molecular weight excluding hydrogens is 222 g/mol. The molecule has 17 heavy (non-hydrogen) atoms. The van der Waals surface area contributed by atoms with Gasteiger partial charge >= 0.3 is 12.1 Å². The number of ether oxygens (including phenoxy) is 1. The van der Waals surface area contributed by atoms with Crippen LogP contribution in [0.2, 0.25) is 0 Å². The number of carbonyl (C=O) groups excluding carboxylic acids is 1. The number of rotatable bonds is 2. The number of hydrogen-bond acceptors (Lipinski definition) is 3. The molecule has 5 heteroatoms. The summed E-state index contributed by atoms with van der Waals surface area (Å²) in [5.74, 6) is -0.834. The van der Waals surface area contributed by atoms with Crippen molar-refractivity contribution in [2.24, 2.45) is 5.92 Å². The second-order valence-electron chi connectivity index (χ2n) is 6.04. The highest BCUT2D eigenvalue weighted by Gasteiger charge is 2.50. The summed E-state index contributed by atoms with van der Waals surface area (Å²) in [7, 11) is 0. The van der Waals surface area contributed by atoms with E-state index in [2.05, 4.69) is 0 Å². The lowest BCUT2D eigenvalue weighted by Gasteiger charge is -2.54. The first-order chi connectivity index (χ1) is 7.54. The average molecular weight is 243 g/mol. The van der Waals surface area contributed by atoms with Crippen molar-refractivity contribution in [1.82, 2.24) is 4.90 Å². The van der Waals surface area contributed by atoms with Gasteiger partial charge in [0.1, 0.15) is 5.60 Å². The Morgan fingerprint density at radius 3 is 2.29 bits per heavy atom. The Bertz CT molecular complexity index is 330. The largest absolute Gasteiger partial charge is 0.481 e. The van der Waals surface area contributed by atoms with Crippen LogP contribution in [0.4, 0.5) is 4.79 Å². The predicted octanol–water partition coefficient (Wildman–Crippen LogP) is 2.11. The predicted molar refractivity (Wildman–Crippen MR) is 62.8 cm³/mol. The van der Waals surface area contributed by atoms with E-state index in [4.69, 9.17) is 9.84 Å². The van der Waals surface area contributed by atoms with Crippen LogP contribution in [-0.4, -0.2) is 39.8 Å². The van der Waals surface area contributed by atoms with Gasteiger partial charge in [-0.05, 0) is 34.6 Å². The Kier molecular flexibility index (Phi) is 3.41. The SMILES string of the molecule is CC(C)(C)OC(=O)N1CC(CC(=O)O)C1(C)C. The summed E-state index contributed by atoms with van der Waals surface area (Å²) >= 11 is 0. The normalized spacial score (nSPS) is 22.9. The zero-order valence-corrected chi connectivity index (χ0v) is 11.1. The minimum absolute atomic E-state index is 0.00693. The first kappa shape index (κ1) is 13.8. The van der Waals surface area contributed by atoms with Crippen molar-refractivity contribution in [3.05, 3.63) is 0 Å². The molecule has 1 heterocycles. The van der Waals surface area contributed by atoms with Gasteiger partial charge < -0.3 is 14.7 Å². The topological polar surface area (TPSA) is 66.8 Å². The zero-order valence-electron chi connectivity index (χ0n) is 11.1. The van der Waals surface area contributed by atoms with Crippen LogP contribution < -0.4 is 0 Å². The summed E-state index contributed by atoms with van der Waals surface area (Å²) in [6.07, 6.45) is -0.282. The minimum Gasteiger partial charge on any atom is -0.481 e. The molecule has 0 bridgehead atoms. The average Bonchev–Trinajstić information content (AvgIpc) is 2.08. The number of likely N-dealkylation sites (tertiary alicyclic amines) is 1. The smallest absolute Gasteiger partial charge is 0.410 e. The molecule has 0 aliphatic carbocycles. The van der Waals surface area contributed by atoms with E-state index in [1.807, 2.05) is 34.6 Å². The van der Waals surface area contributed by atoms with Crippen LogP contribution in [-0.2, 0) is 9.53 Å². The summed E-state index contributed by atoms with van der Waals surface area (Å²) in [5.41, 5.74) is -0.966. The lowest BCUT2D eigenvalue weighted by Crippen LogP contribution is -2.66. The molecule has 0 aromatic carbocycles. The molecule has 1 N–H and O–H groups in total. The van der Waals surface area contributed by atoms with E-state index in [-0.39, 0.29) is 18.4 Å². The van der Waals surface area contributed by atoms with Gasteiger partial charge in [-0.15, -0.1) is 0 Å². The van der Waals surface area contributed by atoms with E-state index in [0.29, 0.717) is 6.54 Å². The summed E-state index contributed by atoms with van der Waals surface area (Å²) in [6.45, 7) is 9.63. The fourth-order valence-corrected chi connectivity index (χ4v) is 1.94.